The van der Waals surface area contributed by atoms with Crippen molar-refractivity contribution in [3.8, 4) is 11.5 Å². The van der Waals surface area contributed by atoms with Crippen LogP contribution in [-0.2, 0) is 10.9 Å². The van der Waals surface area contributed by atoms with Crippen LogP contribution in [0.1, 0.15) is 15.9 Å². The molecular weight excluding hydrogens is 397 g/mol. The summed E-state index contributed by atoms with van der Waals surface area (Å²) in [6, 6.07) is 10.8. The Balaban J connectivity index is 0.00000392. The molecule has 9 heteroatoms. The Labute approximate surface area is 167 Å². The highest BCUT2D eigenvalue weighted by Gasteiger charge is 2.30. The molecule has 0 saturated carbocycles. The molecule has 2 rings (SSSR count). The van der Waals surface area contributed by atoms with Gasteiger partial charge in [0.1, 0.15) is 11.5 Å². The number of hydrogen-bond donors (Lipinski definition) is 2. The summed E-state index contributed by atoms with van der Waals surface area (Å²) >= 11 is 0. The number of carbonyl (C=O) groups excluding carboxylic acids is 1. The lowest BCUT2D eigenvalue weighted by atomic mass is 10.2. The lowest BCUT2D eigenvalue weighted by molar-refractivity contribution is -0.137. The number of ether oxygens (including phenoxy) is 2. The zero-order valence-corrected chi connectivity index (χ0v) is 16.0. The van der Waals surface area contributed by atoms with Crippen LogP contribution in [0, 0.1) is 0 Å². The van der Waals surface area contributed by atoms with Crippen molar-refractivity contribution >= 4 is 18.3 Å². The van der Waals surface area contributed by atoms with Crippen molar-refractivity contribution in [1.29, 1.82) is 0 Å². The van der Waals surface area contributed by atoms with E-state index in [9.17, 15) is 18.0 Å². The second-order valence-electron chi connectivity index (χ2n) is 5.65. The van der Waals surface area contributed by atoms with E-state index in [1.807, 2.05) is 0 Å². The van der Waals surface area contributed by atoms with Crippen LogP contribution in [0.15, 0.2) is 48.5 Å². The lowest BCUT2D eigenvalue weighted by Gasteiger charge is -2.11. The number of nitrogens with one attached hydrogen (secondary N) is 2. The number of benzene rings is 2. The SMILES string of the molecule is COCCNCCNC(=O)c1cccc(Oc2cccc(C(F)(F)F)c2)c1.Cl. The smallest absolute Gasteiger partial charge is 0.416 e. The lowest BCUT2D eigenvalue weighted by Crippen LogP contribution is -2.33. The van der Waals surface area contributed by atoms with E-state index < -0.39 is 11.7 Å². The van der Waals surface area contributed by atoms with Crippen LogP contribution in [0.25, 0.3) is 0 Å². The molecule has 0 unspecified atom stereocenters. The Hall–Kier alpha value is -2.29. The molecule has 0 aromatic heterocycles. The van der Waals surface area contributed by atoms with E-state index in [4.69, 9.17) is 9.47 Å². The predicted molar refractivity (Wildman–Crippen MR) is 102 cm³/mol. The average Bonchev–Trinajstić information content (AvgIpc) is 2.64. The van der Waals surface area contributed by atoms with Crippen molar-refractivity contribution < 1.29 is 27.4 Å². The Morgan fingerprint density at radius 1 is 1.00 bits per heavy atom. The highest BCUT2D eigenvalue weighted by Crippen LogP contribution is 2.32. The van der Waals surface area contributed by atoms with Gasteiger partial charge in [0, 0.05) is 32.3 Å². The first kappa shape index (κ1) is 23.7. The molecule has 5 nitrogen and oxygen atoms in total. The Morgan fingerprint density at radius 3 is 2.36 bits per heavy atom. The predicted octanol–water partition coefficient (Wildman–Crippen LogP) is 3.89. The summed E-state index contributed by atoms with van der Waals surface area (Å²) in [4.78, 5) is 12.2. The van der Waals surface area contributed by atoms with Crippen LogP contribution >= 0.6 is 12.4 Å². The molecule has 28 heavy (non-hydrogen) atoms. The van der Waals surface area contributed by atoms with Crippen molar-refractivity contribution in [3.63, 3.8) is 0 Å². The molecular formula is C19H22ClF3N2O3. The van der Waals surface area contributed by atoms with Gasteiger partial charge in [-0.15, -0.1) is 12.4 Å². The minimum atomic E-state index is -4.45. The minimum Gasteiger partial charge on any atom is -0.457 e. The topological polar surface area (TPSA) is 59.6 Å². The molecule has 0 fully saturated rings. The molecule has 0 bridgehead atoms. The molecule has 0 aliphatic rings. The number of carbonyl (C=O) groups is 1. The maximum absolute atomic E-state index is 12.8. The molecule has 2 N–H and O–H groups in total. The number of halogens is 4. The third kappa shape index (κ3) is 7.75. The first-order valence-electron chi connectivity index (χ1n) is 8.33. The number of rotatable bonds is 9. The summed E-state index contributed by atoms with van der Waals surface area (Å²) in [5.41, 5.74) is -0.439. The standard InChI is InChI=1S/C19H21F3N2O3.ClH/c1-26-11-10-23-8-9-24-18(25)14-4-2-6-16(12-14)27-17-7-3-5-15(13-17)19(20,21)22;/h2-7,12-13,23H,8-11H2,1H3,(H,24,25);1H. The molecule has 2 aromatic rings. The maximum Gasteiger partial charge on any atom is 0.416 e. The summed E-state index contributed by atoms with van der Waals surface area (Å²) in [6.45, 7) is 2.30. The quantitative estimate of drug-likeness (QED) is 0.607. The number of amides is 1. The van der Waals surface area contributed by atoms with Crippen LogP contribution in [0.5, 0.6) is 11.5 Å². The minimum absolute atomic E-state index is 0. The van der Waals surface area contributed by atoms with Crippen molar-refractivity contribution in [2.75, 3.05) is 33.4 Å². The summed E-state index contributed by atoms with van der Waals surface area (Å²) in [5, 5.41) is 5.85. The summed E-state index contributed by atoms with van der Waals surface area (Å²) in [7, 11) is 1.61. The van der Waals surface area contributed by atoms with E-state index in [1.54, 1.807) is 25.3 Å². The van der Waals surface area contributed by atoms with Gasteiger partial charge in [-0.2, -0.15) is 13.2 Å². The highest BCUT2D eigenvalue weighted by atomic mass is 35.5. The summed E-state index contributed by atoms with van der Waals surface area (Å²) < 4.78 is 48.7. The third-order valence-electron chi connectivity index (χ3n) is 3.56. The zero-order chi connectivity index (χ0) is 19.7. The van der Waals surface area contributed by atoms with Crippen molar-refractivity contribution in [2.45, 2.75) is 6.18 Å². The van der Waals surface area contributed by atoms with Gasteiger partial charge >= 0.3 is 6.18 Å². The van der Waals surface area contributed by atoms with E-state index in [1.165, 1.54) is 18.2 Å². The first-order chi connectivity index (χ1) is 12.9. The molecule has 0 atom stereocenters. The van der Waals surface area contributed by atoms with Gasteiger partial charge in [-0.25, -0.2) is 0 Å². The molecule has 2 aromatic carbocycles. The fourth-order valence-corrected chi connectivity index (χ4v) is 2.24. The fourth-order valence-electron chi connectivity index (χ4n) is 2.24. The normalized spacial score (nSPS) is 10.9. The fraction of sp³-hybridized carbons (Fsp3) is 0.316. The van der Waals surface area contributed by atoms with Crippen LogP contribution in [-0.4, -0.2) is 39.3 Å². The van der Waals surface area contributed by atoms with Gasteiger partial charge < -0.3 is 20.1 Å². The number of methoxy groups -OCH3 is 1. The molecule has 0 aliphatic carbocycles. The van der Waals surface area contributed by atoms with Crippen molar-refractivity contribution in [1.82, 2.24) is 10.6 Å². The molecule has 154 valence electrons. The van der Waals surface area contributed by atoms with Crippen LogP contribution < -0.4 is 15.4 Å². The first-order valence-corrected chi connectivity index (χ1v) is 8.33. The second kappa shape index (κ2) is 11.5. The van der Waals surface area contributed by atoms with E-state index >= 15 is 0 Å². The molecule has 0 radical (unpaired) electrons. The number of alkyl halides is 3. The average molecular weight is 419 g/mol. The van der Waals surface area contributed by atoms with Crippen LogP contribution in [0.3, 0.4) is 0 Å². The zero-order valence-electron chi connectivity index (χ0n) is 15.2. The van der Waals surface area contributed by atoms with E-state index in [-0.39, 0.29) is 29.8 Å². The largest absolute Gasteiger partial charge is 0.457 e. The molecule has 1 amide bonds. The Morgan fingerprint density at radius 2 is 1.68 bits per heavy atom. The maximum atomic E-state index is 12.8. The van der Waals surface area contributed by atoms with E-state index in [0.717, 1.165) is 12.1 Å². The summed E-state index contributed by atoms with van der Waals surface area (Å²) in [6.07, 6.45) is -4.45. The second-order valence-corrected chi connectivity index (χ2v) is 5.65. The van der Waals surface area contributed by atoms with Crippen LogP contribution in [0.2, 0.25) is 0 Å². The van der Waals surface area contributed by atoms with Gasteiger partial charge in [0.2, 0.25) is 0 Å². The van der Waals surface area contributed by atoms with Gasteiger partial charge in [0.25, 0.3) is 5.91 Å². The Bertz CT molecular complexity index is 757. The highest BCUT2D eigenvalue weighted by molar-refractivity contribution is 5.94. The molecule has 0 aliphatic heterocycles. The van der Waals surface area contributed by atoms with Crippen molar-refractivity contribution in [3.05, 3.63) is 59.7 Å². The third-order valence-corrected chi connectivity index (χ3v) is 3.56. The van der Waals surface area contributed by atoms with Gasteiger partial charge in [0.05, 0.1) is 12.2 Å². The monoisotopic (exact) mass is 418 g/mol. The molecule has 0 heterocycles. The summed E-state index contributed by atoms with van der Waals surface area (Å²) in [5.74, 6) is 0.0305. The van der Waals surface area contributed by atoms with Gasteiger partial charge in [-0.1, -0.05) is 12.1 Å². The van der Waals surface area contributed by atoms with E-state index in [2.05, 4.69) is 10.6 Å². The number of hydrogen-bond acceptors (Lipinski definition) is 4. The van der Waals surface area contributed by atoms with Crippen molar-refractivity contribution in [2.24, 2.45) is 0 Å². The van der Waals surface area contributed by atoms with Gasteiger partial charge in [-0.05, 0) is 36.4 Å². The van der Waals surface area contributed by atoms with Crippen LogP contribution in [0.4, 0.5) is 13.2 Å². The van der Waals surface area contributed by atoms with Gasteiger partial charge in [-0.3, -0.25) is 4.79 Å². The van der Waals surface area contributed by atoms with Gasteiger partial charge in [0.15, 0.2) is 0 Å². The molecule has 0 saturated heterocycles. The molecule has 0 spiro atoms. The van der Waals surface area contributed by atoms with E-state index in [0.29, 0.717) is 31.8 Å². The Kier molecular flexibility index (Phi) is 9.78.